The first-order chi connectivity index (χ1) is 11.5. The van der Waals surface area contributed by atoms with Gasteiger partial charge in [-0.05, 0) is 49.4 Å². The molecule has 24 heavy (non-hydrogen) atoms. The van der Waals surface area contributed by atoms with Gasteiger partial charge in [0.2, 0.25) is 15.9 Å². The third kappa shape index (κ3) is 3.48. The molecule has 6 nitrogen and oxygen atoms in total. The first-order valence-electron chi connectivity index (χ1n) is 8.50. The quantitative estimate of drug-likeness (QED) is 0.794. The van der Waals surface area contributed by atoms with E-state index in [2.05, 4.69) is 0 Å². The maximum absolute atomic E-state index is 12.8. The molecule has 132 valence electrons. The molecule has 1 saturated heterocycles. The third-order valence-electron chi connectivity index (χ3n) is 4.73. The number of sulfonamides is 1. The molecule has 1 fully saturated rings. The van der Waals surface area contributed by atoms with Crippen molar-refractivity contribution in [3.8, 4) is 0 Å². The highest BCUT2D eigenvalue weighted by atomic mass is 32.2. The van der Waals surface area contributed by atoms with Gasteiger partial charge in [0.05, 0.1) is 4.90 Å². The Balaban J connectivity index is 1.66. The van der Waals surface area contributed by atoms with E-state index >= 15 is 0 Å². The van der Waals surface area contributed by atoms with Crippen molar-refractivity contribution in [1.29, 1.82) is 0 Å². The highest BCUT2D eigenvalue weighted by Gasteiger charge is 2.30. The van der Waals surface area contributed by atoms with Gasteiger partial charge in [-0.25, -0.2) is 8.42 Å². The Morgan fingerprint density at radius 1 is 1.12 bits per heavy atom. The maximum atomic E-state index is 12.8. The average molecular weight is 352 g/mol. The monoisotopic (exact) mass is 352 g/mol. The fourth-order valence-corrected chi connectivity index (χ4v) is 4.79. The molecule has 2 aliphatic rings. The topological polar surface area (TPSA) is 66.9 Å². The van der Waals surface area contributed by atoms with Crippen LogP contribution in [0.25, 0.3) is 0 Å². The molecule has 0 N–H and O–H groups in total. The Kier molecular flexibility index (Phi) is 5.22. The van der Waals surface area contributed by atoms with Gasteiger partial charge in [-0.15, -0.1) is 0 Å². The summed E-state index contributed by atoms with van der Waals surface area (Å²) < 4.78 is 32.3. The molecular formula is C17H24N2O4S. The summed E-state index contributed by atoms with van der Waals surface area (Å²) in [6.07, 6.45) is 3.09. The van der Waals surface area contributed by atoms with Crippen molar-refractivity contribution in [2.45, 2.75) is 31.1 Å². The number of carbonyl (C=O) groups is 1. The molecule has 1 aromatic carbocycles. The van der Waals surface area contributed by atoms with Crippen LogP contribution in [0, 0.1) is 0 Å². The smallest absolute Gasteiger partial charge is 0.248 e. The first kappa shape index (κ1) is 17.4. The number of amides is 1. The molecule has 0 unspecified atom stereocenters. The fourth-order valence-electron chi connectivity index (χ4n) is 3.32. The molecular weight excluding hydrogens is 328 g/mol. The van der Waals surface area contributed by atoms with E-state index in [1.165, 1.54) is 9.87 Å². The van der Waals surface area contributed by atoms with Gasteiger partial charge in [0, 0.05) is 32.8 Å². The number of rotatable bonds is 5. The van der Waals surface area contributed by atoms with Crippen molar-refractivity contribution < 1.29 is 17.9 Å². The lowest BCUT2D eigenvalue weighted by Crippen LogP contribution is -2.51. The number of ether oxygens (including phenoxy) is 1. The zero-order valence-corrected chi connectivity index (χ0v) is 14.8. The molecule has 1 aliphatic heterocycles. The van der Waals surface area contributed by atoms with Gasteiger partial charge in [0.25, 0.3) is 0 Å². The van der Waals surface area contributed by atoms with Crippen LogP contribution in [0.4, 0.5) is 0 Å². The Hall–Kier alpha value is -1.44. The van der Waals surface area contributed by atoms with Gasteiger partial charge in [-0.1, -0.05) is 6.07 Å². The zero-order valence-electron chi connectivity index (χ0n) is 14.0. The number of fused-ring (bicyclic) bond motifs is 1. The zero-order chi connectivity index (χ0) is 17.2. The number of benzene rings is 1. The number of nitrogens with zero attached hydrogens (tertiary/aromatic N) is 2. The van der Waals surface area contributed by atoms with Crippen LogP contribution in [0.5, 0.6) is 0 Å². The first-order valence-corrected chi connectivity index (χ1v) is 9.94. The number of hydrogen-bond acceptors (Lipinski definition) is 4. The van der Waals surface area contributed by atoms with Crippen molar-refractivity contribution in [1.82, 2.24) is 9.21 Å². The van der Waals surface area contributed by atoms with Crippen LogP contribution < -0.4 is 0 Å². The summed E-state index contributed by atoms with van der Waals surface area (Å²) >= 11 is 0. The molecule has 0 saturated carbocycles. The van der Waals surface area contributed by atoms with E-state index in [1.807, 2.05) is 19.1 Å². The Bertz CT molecular complexity index is 709. The standard InChI is InChI=1S/C17H24N2O4S/c1-2-23-13-17(20)18-8-10-19(11-9-18)24(21,22)16-7-6-14-4-3-5-15(14)12-16/h6-7,12H,2-5,8-11,13H2,1H3. The second kappa shape index (κ2) is 7.21. The summed E-state index contributed by atoms with van der Waals surface area (Å²) in [4.78, 5) is 14.0. The summed E-state index contributed by atoms with van der Waals surface area (Å²) in [7, 11) is -3.49. The van der Waals surface area contributed by atoms with E-state index in [0.29, 0.717) is 37.7 Å². The molecule has 1 aromatic rings. The van der Waals surface area contributed by atoms with Gasteiger partial charge < -0.3 is 9.64 Å². The highest BCUT2D eigenvalue weighted by Crippen LogP contribution is 2.26. The average Bonchev–Trinajstić information content (AvgIpc) is 3.07. The maximum Gasteiger partial charge on any atom is 0.248 e. The van der Waals surface area contributed by atoms with Crippen LogP contribution in [0.1, 0.15) is 24.5 Å². The molecule has 3 rings (SSSR count). The predicted octanol–water partition coefficient (Wildman–Crippen LogP) is 1.04. The number of hydrogen-bond donors (Lipinski definition) is 0. The Morgan fingerprint density at radius 3 is 2.54 bits per heavy atom. The van der Waals surface area contributed by atoms with Crippen LogP contribution >= 0.6 is 0 Å². The lowest BCUT2D eigenvalue weighted by Gasteiger charge is -2.34. The van der Waals surface area contributed by atoms with Crippen molar-refractivity contribution in [2.24, 2.45) is 0 Å². The van der Waals surface area contributed by atoms with Gasteiger partial charge in [0.15, 0.2) is 0 Å². The summed E-state index contributed by atoms with van der Waals surface area (Å²) in [5.74, 6) is -0.0774. The third-order valence-corrected chi connectivity index (χ3v) is 6.62. The molecule has 0 aromatic heterocycles. The van der Waals surface area contributed by atoms with Gasteiger partial charge in [0.1, 0.15) is 6.61 Å². The summed E-state index contributed by atoms with van der Waals surface area (Å²) in [5.41, 5.74) is 2.42. The van der Waals surface area contributed by atoms with Gasteiger partial charge in [-0.2, -0.15) is 4.31 Å². The fraction of sp³-hybridized carbons (Fsp3) is 0.588. The van der Waals surface area contributed by atoms with E-state index < -0.39 is 10.0 Å². The van der Waals surface area contributed by atoms with Crippen molar-refractivity contribution in [2.75, 3.05) is 39.4 Å². The predicted molar refractivity (Wildman–Crippen MR) is 90.3 cm³/mol. The summed E-state index contributed by atoms with van der Waals surface area (Å²) in [5, 5.41) is 0. The van der Waals surface area contributed by atoms with Crippen LogP contribution in [0.15, 0.2) is 23.1 Å². The minimum atomic E-state index is -3.49. The van der Waals surface area contributed by atoms with Gasteiger partial charge in [-0.3, -0.25) is 4.79 Å². The molecule has 0 atom stereocenters. The van der Waals surface area contributed by atoms with E-state index in [0.717, 1.165) is 24.8 Å². The minimum absolute atomic E-state index is 0.0636. The van der Waals surface area contributed by atoms with Crippen LogP contribution in [0.3, 0.4) is 0 Å². The SMILES string of the molecule is CCOCC(=O)N1CCN(S(=O)(=O)c2ccc3c(c2)CCC3)CC1. The van der Waals surface area contributed by atoms with Crippen molar-refractivity contribution in [3.05, 3.63) is 29.3 Å². The molecule has 0 bridgehead atoms. The molecule has 1 aliphatic carbocycles. The largest absolute Gasteiger partial charge is 0.372 e. The lowest BCUT2D eigenvalue weighted by atomic mass is 10.1. The summed E-state index contributed by atoms with van der Waals surface area (Å²) in [6.45, 7) is 3.89. The molecule has 1 amide bonds. The number of carbonyl (C=O) groups excluding carboxylic acids is 1. The minimum Gasteiger partial charge on any atom is -0.372 e. The van der Waals surface area contributed by atoms with E-state index in [-0.39, 0.29) is 12.5 Å². The highest BCUT2D eigenvalue weighted by molar-refractivity contribution is 7.89. The van der Waals surface area contributed by atoms with Crippen LogP contribution in [-0.2, 0) is 32.4 Å². The molecule has 1 heterocycles. The molecule has 0 spiro atoms. The van der Waals surface area contributed by atoms with Crippen molar-refractivity contribution >= 4 is 15.9 Å². The Morgan fingerprint density at radius 2 is 1.83 bits per heavy atom. The van der Waals surface area contributed by atoms with Crippen LogP contribution in [-0.4, -0.2) is 62.9 Å². The second-order valence-electron chi connectivity index (χ2n) is 6.21. The summed E-state index contributed by atoms with van der Waals surface area (Å²) in [6, 6.07) is 5.48. The van der Waals surface area contributed by atoms with Crippen LogP contribution in [0.2, 0.25) is 0 Å². The second-order valence-corrected chi connectivity index (χ2v) is 8.14. The molecule has 7 heteroatoms. The lowest BCUT2D eigenvalue weighted by molar-refractivity contribution is -0.137. The Labute approximate surface area is 143 Å². The van der Waals surface area contributed by atoms with E-state index in [4.69, 9.17) is 4.74 Å². The van der Waals surface area contributed by atoms with Gasteiger partial charge >= 0.3 is 0 Å². The normalized spacial score (nSPS) is 18.6. The van der Waals surface area contributed by atoms with Crippen molar-refractivity contribution in [3.63, 3.8) is 0 Å². The van der Waals surface area contributed by atoms with E-state index in [1.54, 1.807) is 11.0 Å². The number of aryl methyl sites for hydroxylation is 2. The van der Waals surface area contributed by atoms with E-state index in [9.17, 15) is 13.2 Å². The molecule has 0 radical (unpaired) electrons. The number of piperazine rings is 1.